The lowest BCUT2D eigenvalue weighted by atomic mass is 10.2. The maximum Gasteiger partial charge on any atom is 0.573 e. The summed E-state index contributed by atoms with van der Waals surface area (Å²) in [6, 6.07) is 9.95. The van der Waals surface area contributed by atoms with Crippen LogP contribution in [-0.2, 0) is 16.1 Å². The molecule has 0 unspecified atom stereocenters. The van der Waals surface area contributed by atoms with E-state index < -0.39 is 36.5 Å². The summed E-state index contributed by atoms with van der Waals surface area (Å²) in [6.45, 7) is 0.726. The third kappa shape index (κ3) is 6.84. The molecule has 2 heterocycles. The monoisotopic (exact) mass is 482 g/mol. The summed E-state index contributed by atoms with van der Waals surface area (Å²) in [5, 5.41) is 5.34. The van der Waals surface area contributed by atoms with Gasteiger partial charge >= 0.3 is 12.3 Å². The van der Waals surface area contributed by atoms with Crippen molar-refractivity contribution in [2.24, 2.45) is 0 Å². The Balaban J connectivity index is 1.51. The highest BCUT2D eigenvalue weighted by molar-refractivity contribution is 7.18. The average molecular weight is 482 g/mol. The first-order valence-electron chi connectivity index (χ1n) is 9.35. The molecule has 0 saturated heterocycles. The van der Waals surface area contributed by atoms with Crippen molar-refractivity contribution in [1.82, 2.24) is 5.32 Å². The molecule has 0 radical (unpaired) electrons. The van der Waals surface area contributed by atoms with E-state index in [1.807, 2.05) is 0 Å². The minimum atomic E-state index is -4.87. The second-order valence-corrected chi connectivity index (χ2v) is 7.61. The van der Waals surface area contributed by atoms with Crippen LogP contribution in [0.5, 0.6) is 5.75 Å². The fourth-order valence-corrected chi connectivity index (χ4v) is 3.60. The van der Waals surface area contributed by atoms with Crippen molar-refractivity contribution in [2.75, 3.05) is 11.9 Å². The number of alkyl halides is 3. The highest BCUT2D eigenvalue weighted by Gasteiger charge is 2.32. The van der Waals surface area contributed by atoms with Gasteiger partial charge in [-0.05, 0) is 36.8 Å². The van der Waals surface area contributed by atoms with Gasteiger partial charge in [0.05, 0.1) is 11.3 Å². The lowest BCUT2D eigenvalue weighted by molar-refractivity contribution is -0.274. The molecule has 3 aromatic rings. The van der Waals surface area contributed by atoms with E-state index in [0.717, 1.165) is 17.4 Å². The normalized spacial score (nSPS) is 11.0. The van der Waals surface area contributed by atoms with E-state index >= 15 is 0 Å². The van der Waals surface area contributed by atoms with Crippen LogP contribution in [-0.4, -0.2) is 30.8 Å². The van der Waals surface area contributed by atoms with Gasteiger partial charge < -0.3 is 24.5 Å². The number of rotatable bonds is 8. The quantitative estimate of drug-likeness (QED) is 0.465. The van der Waals surface area contributed by atoms with Gasteiger partial charge in [-0.1, -0.05) is 18.2 Å². The summed E-state index contributed by atoms with van der Waals surface area (Å²) in [4.78, 5) is 36.5. The van der Waals surface area contributed by atoms with Crippen molar-refractivity contribution in [2.45, 2.75) is 19.8 Å². The van der Waals surface area contributed by atoms with Gasteiger partial charge in [0.1, 0.15) is 10.6 Å². The van der Waals surface area contributed by atoms with Crippen LogP contribution in [0.2, 0.25) is 0 Å². The number of benzene rings is 1. The standard InChI is InChI=1S/C21H17F3N2O6S/c1-12-9-17(26-19(28)15-7-4-8-30-15)33-18(12)20(29)31-11-16(27)25-10-13-5-2-3-6-14(13)32-21(22,23)24/h2-9H,10-11H2,1H3,(H,25,27)(H,26,28). The number of hydrogen-bond donors (Lipinski definition) is 2. The minimum absolute atomic E-state index is 0.0977. The number of anilines is 1. The molecule has 0 fully saturated rings. The third-order valence-corrected chi connectivity index (χ3v) is 5.23. The second kappa shape index (κ2) is 10.2. The van der Waals surface area contributed by atoms with Gasteiger partial charge in [0.25, 0.3) is 11.8 Å². The maximum atomic E-state index is 12.5. The summed E-state index contributed by atoms with van der Waals surface area (Å²) >= 11 is 0.959. The van der Waals surface area contributed by atoms with Crippen LogP contribution >= 0.6 is 11.3 Å². The zero-order valence-electron chi connectivity index (χ0n) is 17.0. The van der Waals surface area contributed by atoms with E-state index in [0.29, 0.717) is 10.6 Å². The molecule has 2 amide bonds. The number of ether oxygens (including phenoxy) is 2. The molecular formula is C21H17F3N2O6S. The molecule has 8 nitrogen and oxygen atoms in total. The Morgan fingerprint density at radius 1 is 1.12 bits per heavy atom. The smallest absolute Gasteiger partial charge is 0.459 e. The van der Waals surface area contributed by atoms with Crippen molar-refractivity contribution in [3.63, 3.8) is 0 Å². The van der Waals surface area contributed by atoms with Crippen molar-refractivity contribution >= 4 is 34.1 Å². The average Bonchev–Trinajstić information content (AvgIpc) is 3.40. The van der Waals surface area contributed by atoms with Crippen LogP contribution < -0.4 is 15.4 Å². The Morgan fingerprint density at radius 2 is 1.88 bits per heavy atom. The minimum Gasteiger partial charge on any atom is -0.459 e. The first-order valence-corrected chi connectivity index (χ1v) is 10.2. The number of esters is 1. The molecule has 2 N–H and O–H groups in total. The molecule has 33 heavy (non-hydrogen) atoms. The largest absolute Gasteiger partial charge is 0.573 e. The lowest BCUT2D eigenvalue weighted by Gasteiger charge is -2.13. The number of thiophene rings is 1. The predicted molar refractivity (Wildman–Crippen MR) is 111 cm³/mol. The Hall–Kier alpha value is -3.80. The lowest BCUT2D eigenvalue weighted by Crippen LogP contribution is -2.29. The van der Waals surface area contributed by atoms with Crippen LogP contribution in [0.4, 0.5) is 18.2 Å². The van der Waals surface area contributed by atoms with Gasteiger partial charge in [0, 0.05) is 12.1 Å². The van der Waals surface area contributed by atoms with Gasteiger partial charge in [-0.15, -0.1) is 24.5 Å². The Bertz CT molecular complexity index is 1140. The summed E-state index contributed by atoms with van der Waals surface area (Å²) in [7, 11) is 0. The molecule has 0 spiro atoms. The summed E-state index contributed by atoms with van der Waals surface area (Å²) < 4.78 is 51.3. The van der Waals surface area contributed by atoms with Crippen LogP contribution in [0.1, 0.15) is 31.4 Å². The fourth-order valence-electron chi connectivity index (χ4n) is 2.64. The fraction of sp³-hybridized carbons (Fsp3) is 0.190. The number of aryl methyl sites for hydroxylation is 1. The van der Waals surface area contributed by atoms with E-state index in [1.165, 1.54) is 30.5 Å². The van der Waals surface area contributed by atoms with E-state index in [4.69, 9.17) is 9.15 Å². The van der Waals surface area contributed by atoms with Gasteiger partial charge in [-0.25, -0.2) is 4.79 Å². The first-order chi connectivity index (χ1) is 15.6. The van der Waals surface area contributed by atoms with Crippen LogP contribution in [0.15, 0.2) is 53.1 Å². The number of halogens is 3. The molecule has 0 aliphatic heterocycles. The number of carbonyl (C=O) groups is 3. The molecular weight excluding hydrogens is 465 g/mol. The first kappa shape index (κ1) is 23.9. The molecule has 2 aromatic heterocycles. The van der Waals surface area contributed by atoms with Gasteiger partial charge in [-0.2, -0.15) is 0 Å². The van der Waals surface area contributed by atoms with Crippen LogP contribution in [0.3, 0.4) is 0 Å². The Labute approximate surface area is 189 Å². The second-order valence-electron chi connectivity index (χ2n) is 6.56. The molecule has 0 atom stereocenters. The number of para-hydroxylation sites is 1. The molecule has 0 aliphatic rings. The zero-order chi connectivity index (χ0) is 24.0. The molecule has 12 heteroatoms. The van der Waals surface area contributed by atoms with Gasteiger partial charge in [0.2, 0.25) is 0 Å². The van der Waals surface area contributed by atoms with Gasteiger partial charge in [0.15, 0.2) is 12.4 Å². The van der Waals surface area contributed by atoms with Crippen LogP contribution in [0, 0.1) is 6.92 Å². The number of amides is 2. The third-order valence-electron chi connectivity index (χ3n) is 4.09. The van der Waals surface area contributed by atoms with E-state index in [1.54, 1.807) is 19.1 Å². The summed E-state index contributed by atoms with van der Waals surface area (Å²) in [6.07, 6.45) is -3.52. The van der Waals surface area contributed by atoms with Crippen LogP contribution in [0.25, 0.3) is 0 Å². The molecule has 0 saturated carbocycles. The Kier molecular flexibility index (Phi) is 7.38. The zero-order valence-corrected chi connectivity index (χ0v) is 17.8. The molecule has 174 valence electrons. The molecule has 0 aliphatic carbocycles. The molecule has 1 aromatic carbocycles. The topological polar surface area (TPSA) is 107 Å². The molecule has 3 rings (SSSR count). The molecule has 0 bridgehead atoms. The Morgan fingerprint density at radius 3 is 2.58 bits per heavy atom. The highest BCUT2D eigenvalue weighted by Crippen LogP contribution is 2.28. The highest BCUT2D eigenvalue weighted by atomic mass is 32.1. The van der Waals surface area contributed by atoms with Crippen molar-refractivity contribution in [1.29, 1.82) is 0 Å². The predicted octanol–water partition coefficient (Wildman–Crippen LogP) is 4.27. The van der Waals surface area contributed by atoms with E-state index in [-0.39, 0.29) is 22.7 Å². The van der Waals surface area contributed by atoms with E-state index in [9.17, 15) is 27.6 Å². The number of furan rings is 1. The number of carbonyl (C=O) groups excluding carboxylic acids is 3. The number of hydrogen-bond acceptors (Lipinski definition) is 7. The maximum absolute atomic E-state index is 12.5. The van der Waals surface area contributed by atoms with Crippen molar-refractivity contribution in [3.8, 4) is 5.75 Å². The van der Waals surface area contributed by atoms with Gasteiger partial charge in [-0.3, -0.25) is 9.59 Å². The van der Waals surface area contributed by atoms with Crippen molar-refractivity contribution in [3.05, 3.63) is 70.5 Å². The SMILES string of the molecule is Cc1cc(NC(=O)c2ccco2)sc1C(=O)OCC(=O)NCc1ccccc1OC(F)(F)F. The van der Waals surface area contributed by atoms with E-state index in [2.05, 4.69) is 15.4 Å². The summed E-state index contributed by atoms with van der Waals surface area (Å²) in [5.74, 6) is -2.34. The number of nitrogens with one attached hydrogen (secondary N) is 2. The summed E-state index contributed by atoms with van der Waals surface area (Å²) in [5.41, 5.74) is 0.624. The van der Waals surface area contributed by atoms with Crippen molar-refractivity contribution < 1.29 is 41.4 Å².